The average Bonchev–Trinajstić information content (AvgIpc) is 2.30. The summed E-state index contributed by atoms with van der Waals surface area (Å²) in [5, 5.41) is 3.12. The molecule has 0 saturated carbocycles. The second-order valence-electron chi connectivity index (χ2n) is 4.38. The number of hydrogen-bond acceptors (Lipinski definition) is 2. The third-order valence-corrected chi connectivity index (χ3v) is 3.86. The molecule has 92 valence electrons. The highest BCUT2D eigenvalue weighted by Gasteiger charge is 2.19. The average molecular weight is 241 g/mol. The van der Waals surface area contributed by atoms with Crippen molar-refractivity contribution >= 4 is 17.7 Å². The van der Waals surface area contributed by atoms with E-state index in [2.05, 4.69) is 31.3 Å². The van der Waals surface area contributed by atoms with E-state index in [1.54, 1.807) is 0 Å². The van der Waals surface area contributed by atoms with Gasteiger partial charge in [0.15, 0.2) is 0 Å². The fourth-order valence-electron chi connectivity index (χ4n) is 1.87. The standard InChI is InChI=1S/C13H23NOS/c1-3-16-10-9-11(2)14-13(15)12-7-5-4-6-8-12/h4-5,11-12H,3,6-10H2,1-2H3,(H,14,15)/t11-,12+/m1/s1. The molecule has 0 heterocycles. The van der Waals surface area contributed by atoms with Gasteiger partial charge in [-0.1, -0.05) is 19.1 Å². The fourth-order valence-corrected chi connectivity index (χ4v) is 2.68. The Kier molecular flexibility index (Phi) is 6.62. The lowest BCUT2D eigenvalue weighted by Gasteiger charge is -2.20. The summed E-state index contributed by atoms with van der Waals surface area (Å²) in [6.07, 6.45) is 8.36. The van der Waals surface area contributed by atoms with Gasteiger partial charge in [-0.3, -0.25) is 4.79 Å². The zero-order valence-corrected chi connectivity index (χ0v) is 11.2. The lowest BCUT2D eigenvalue weighted by molar-refractivity contribution is -0.125. The minimum absolute atomic E-state index is 0.214. The summed E-state index contributed by atoms with van der Waals surface area (Å²) in [6.45, 7) is 4.27. The molecule has 0 aromatic heterocycles. The molecule has 1 aliphatic carbocycles. The normalized spacial score (nSPS) is 21.8. The zero-order chi connectivity index (χ0) is 11.8. The molecule has 2 atom stereocenters. The first-order valence-electron chi connectivity index (χ1n) is 6.27. The molecule has 1 aliphatic rings. The molecule has 0 spiro atoms. The maximum absolute atomic E-state index is 11.9. The van der Waals surface area contributed by atoms with Gasteiger partial charge in [-0.05, 0) is 44.1 Å². The molecule has 0 unspecified atom stereocenters. The van der Waals surface area contributed by atoms with Crippen molar-refractivity contribution in [3.63, 3.8) is 0 Å². The summed E-state index contributed by atoms with van der Waals surface area (Å²) < 4.78 is 0. The van der Waals surface area contributed by atoms with Gasteiger partial charge in [0.2, 0.25) is 5.91 Å². The molecule has 1 rings (SSSR count). The molecule has 1 N–H and O–H groups in total. The van der Waals surface area contributed by atoms with Gasteiger partial charge in [-0.25, -0.2) is 0 Å². The predicted molar refractivity (Wildman–Crippen MR) is 71.7 cm³/mol. The molecule has 0 aromatic carbocycles. The van der Waals surface area contributed by atoms with E-state index < -0.39 is 0 Å². The monoisotopic (exact) mass is 241 g/mol. The topological polar surface area (TPSA) is 29.1 Å². The fraction of sp³-hybridized carbons (Fsp3) is 0.769. The second-order valence-corrected chi connectivity index (χ2v) is 5.77. The van der Waals surface area contributed by atoms with Crippen molar-refractivity contribution in [3.8, 4) is 0 Å². The van der Waals surface area contributed by atoms with Gasteiger partial charge in [0.05, 0.1) is 0 Å². The second kappa shape index (κ2) is 7.77. The van der Waals surface area contributed by atoms with Gasteiger partial charge >= 0.3 is 0 Å². The SMILES string of the molecule is CCSCC[C@@H](C)NC(=O)[C@H]1CC=CCC1. The molecular formula is C13H23NOS. The van der Waals surface area contributed by atoms with Crippen LogP contribution >= 0.6 is 11.8 Å². The van der Waals surface area contributed by atoms with Crippen LogP contribution in [0, 0.1) is 5.92 Å². The minimum atomic E-state index is 0.214. The number of allylic oxidation sites excluding steroid dienone is 2. The van der Waals surface area contributed by atoms with E-state index >= 15 is 0 Å². The van der Waals surface area contributed by atoms with E-state index in [-0.39, 0.29) is 11.8 Å². The van der Waals surface area contributed by atoms with Crippen LogP contribution in [0.2, 0.25) is 0 Å². The zero-order valence-electron chi connectivity index (χ0n) is 10.4. The first-order valence-corrected chi connectivity index (χ1v) is 7.42. The van der Waals surface area contributed by atoms with E-state index in [1.807, 2.05) is 11.8 Å². The van der Waals surface area contributed by atoms with Crippen LogP contribution in [-0.4, -0.2) is 23.5 Å². The molecule has 0 saturated heterocycles. The van der Waals surface area contributed by atoms with Gasteiger partial charge in [0, 0.05) is 12.0 Å². The van der Waals surface area contributed by atoms with Crippen LogP contribution in [0.4, 0.5) is 0 Å². The van der Waals surface area contributed by atoms with Crippen molar-refractivity contribution in [2.75, 3.05) is 11.5 Å². The van der Waals surface area contributed by atoms with Crippen molar-refractivity contribution in [3.05, 3.63) is 12.2 Å². The summed E-state index contributed by atoms with van der Waals surface area (Å²) in [4.78, 5) is 11.9. The van der Waals surface area contributed by atoms with Crippen LogP contribution in [0.15, 0.2) is 12.2 Å². The van der Waals surface area contributed by atoms with Gasteiger partial charge in [-0.15, -0.1) is 0 Å². The van der Waals surface area contributed by atoms with Crippen molar-refractivity contribution in [2.24, 2.45) is 5.92 Å². The number of nitrogens with one attached hydrogen (secondary N) is 1. The third kappa shape index (κ3) is 5.06. The van der Waals surface area contributed by atoms with Crippen molar-refractivity contribution in [1.29, 1.82) is 0 Å². The van der Waals surface area contributed by atoms with Crippen molar-refractivity contribution in [1.82, 2.24) is 5.32 Å². The molecule has 0 aromatic rings. The molecule has 16 heavy (non-hydrogen) atoms. The van der Waals surface area contributed by atoms with Gasteiger partial charge in [0.25, 0.3) is 0 Å². The van der Waals surface area contributed by atoms with E-state index in [0.717, 1.165) is 37.2 Å². The number of rotatable bonds is 6. The molecule has 1 amide bonds. The Morgan fingerprint density at radius 3 is 3.00 bits per heavy atom. The summed E-state index contributed by atoms with van der Waals surface area (Å²) >= 11 is 1.94. The highest BCUT2D eigenvalue weighted by atomic mass is 32.2. The third-order valence-electron chi connectivity index (χ3n) is 2.93. The first-order chi connectivity index (χ1) is 7.74. The van der Waals surface area contributed by atoms with E-state index in [9.17, 15) is 4.79 Å². The molecule has 3 heteroatoms. The van der Waals surface area contributed by atoms with E-state index in [0.29, 0.717) is 6.04 Å². The van der Waals surface area contributed by atoms with Crippen LogP contribution in [0.1, 0.15) is 39.5 Å². The lowest BCUT2D eigenvalue weighted by Crippen LogP contribution is -2.37. The van der Waals surface area contributed by atoms with Gasteiger partial charge in [0.1, 0.15) is 0 Å². The number of hydrogen-bond donors (Lipinski definition) is 1. The van der Waals surface area contributed by atoms with E-state index in [1.165, 1.54) is 0 Å². The molecule has 0 aliphatic heterocycles. The molecule has 0 radical (unpaired) electrons. The summed E-state index contributed by atoms with van der Waals surface area (Å²) in [7, 11) is 0. The van der Waals surface area contributed by atoms with Crippen molar-refractivity contribution < 1.29 is 4.79 Å². The van der Waals surface area contributed by atoms with Crippen LogP contribution in [-0.2, 0) is 4.79 Å². The molecule has 2 nitrogen and oxygen atoms in total. The van der Waals surface area contributed by atoms with Crippen LogP contribution in [0.5, 0.6) is 0 Å². The first kappa shape index (κ1) is 13.6. The molecule has 0 bridgehead atoms. The smallest absolute Gasteiger partial charge is 0.223 e. The van der Waals surface area contributed by atoms with Crippen LogP contribution < -0.4 is 5.32 Å². The maximum atomic E-state index is 11.9. The Balaban J connectivity index is 2.19. The Morgan fingerprint density at radius 2 is 2.38 bits per heavy atom. The number of amides is 1. The highest BCUT2D eigenvalue weighted by Crippen LogP contribution is 2.18. The largest absolute Gasteiger partial charge is 0.353 e. The van der Waals surface area contributed by atoms with Crippen LogP contribution in [0.25, 0.3) is 0 Å². The van der Waals surface area contributed by atoms with E-state index in [4.69, 9.17) is 0 Å². The Hall–Kier alpha value is -0.440. The summed E-state index contributed by atoms with van der Waals surface area (Å²) in [6, 6.07) is 0.317. The summed E-state index contributed by atoms with van der Waals surface area (Å²) in [5.74, 6) is 2.76. The minimum Gasteiger partial charge on any atom is -0.353 e. The Bertz CT molecular complexity index is 240. The predicted octanol–water partition coefficient (Wildman–Crippen LogP) is 2.99. The number of carbonyl (C=O) groups excluding carboxylic acids is 1. The molecular weight excluding hydrogens is 218 g/mol. The number of carbonyl (C=O) groups is 1. The quantitative estimate of drug-likeness (QED) is 0.572. The number of thioether (sulfide) groups is 1. The van der Waals surface area contributed by atoms with Gasteiger partial charge < -0.3 is 5.32 Å². The van der Waals surface area contributed by atoms with Crippen molar-refractivity contribution in [2.45, 2.75) is 45.6 Å². The Morgan fingerprint density at radius 1 is 1.56 bits per heavy atom. The van der Waals surface area contributed by atoms with Crippen LogP contribution in [0.3, 0.4) is 0 Å². The lowest BCUT2D eigenvalue weighted by atomic mass is 9.93. The highest BCUT2D eigenvalue weighted by molar-refractivity contribution is 7.99. The maximum Gasteiger partial charge on any atom is 0.223 e. The summed E-state index contributed by atoms with van der Waals surface area (Å²) in [5.41, 5.74) is 0. The Labute approximate surface area is 103 Å². The van der Waals surface area contributed by atoms with Gasteiger partial charge in [-0.2, -0.15) is 11.8 Å². The molecule has 0 fully saturated rings.